The van der Waals surface area contributed by atoms with Gasteiger partial charge in [-0.15, -0.1) is 17.3 Å². The van der Waals surface area contributed by atoms with Crippen LogP contribution in [0, 0.1) is 16.7 Å². The van der Waals surface area contributed by atoms with E-state index in [0.717, 1.165) is 48.3 Å². The van der Waals surface area contributed by atoms with Crippen molar-refractivity contribution in [3.8, 4) is 34.5 Å². The molecule has 68 heavy (non-hydrogen) atoms. The summed E-state index contributed by atoms with van der Waals surface area (Å²) in [4.78, 5) is 28.2. The Morgan fingerprint density at radius 2 is 1.01 bits per heavy atom. The zero-order valence-corrected chi connectivity index (χ0v) is 42.5. The Morgan fingerprint density at radius 1 is 0.603 bits per heavy atom. The van der Waals surface area contributed by atoms with Crippen LogP contribution in [0.25, 0.3) is 0 Å². The van der Waals surface area contributed by atoms with Crippen molar-refractivity contribution in [3.05, 3.63) is 98.9 Å². The summed E-state index contributed by atoms with van der Waals surface area (Å²) in [7, 11) is 9.11. The Hall–Kier alpha value is -4.70. The molecule has 0 spiro atoms. The number of nitrogens with two attached hydrogens (primary N) is 1. The van der Waals surface area contributed by atoms with Crippen molar-refractivity contribution in [1.29, 1.82) is 0 Å². The first-order chi connectivity index (χ1) is 32.5. The quantitative estimate of drug-likeness (QED) is 0.0974. The molecule has 0 aromatic heterocycles. The topological polar surface area (TPSA) is 158 Å². The molecule has 4 aliphatic rings. The molecule has 2 aliphatic heterocycles. The minimum atomic E-state index is -0.221. The van der Waals surface area contributed by atoms with Crippen molar-refractivity contribution >= 4 is 53.0 Å². The number of nitrogens with zero attached hydrogens (tertiary/aromatic N) is 3. The van der Waals surface area contributed by atoms with Crippen LogP contribution < -0.4 is 44.8 Å². The largest absolute Gasteiger partial charge is 0.493 e. The number of benzene rings is 4. The van der Waals surface area contributed by atoms with Crippen molar-refractivity contribution in [1.82, 2.24) is 15.1 Å². The zero-order valence-electron chi connectivity index (χ0n) is 40.1. The average molecular weight is 1000 g/mol. The minimum absolute atomic E-state index is 0. The number of hydrogen-bond donors (Lipinski definition) is 3. The van der Waals surface area contributed by atoms with E-state index in [2.05, 4.69) is 49.9 Å². The molecule has 4 fully saturated rings. The second-order valence-electron chi connectivity index (χ2n) is 17.7. The number of piperidine rings is 2. The Balaban J connectivity index is 0.000000213. The molecule has 2 amide bonds. The predicted molar refractivity (Wildman–Crippen MR) is 274 cm³/mol. The summed E-state index contributed by atoms with van der Waals surface area (Å²) < 4.78 is 31.2. The highest BCUT2D eigenvalue weighted by atomic mass is 35.5. The lowest BCUT2D eigenvalue weighted by atomic mass is 9.82. The maximum absolute atomic E-state index is 12.7. The Kier molecular flexibility index (Phi) is 21.5. The number of nitrogens with one attached hydrogen (secondary N) is 2. The molecule has 372 valence electrons. The van der Waals surface area contributed by atoms with Crippen molar-refractivity contribution in [2.45, 2.75) is 88.4 Å². The van der Waals surface area contributed by atoms with Crippen molar-refractivity contribution < 1.29 is 33.2 Å². The van der Waals surface area contributed by atoms with Crippen molar-refractivity contribution in [3.63, 3.8) is 0 Å². The van der Waals surface area contributed by atoms with Crippen LogP contribution in [0.5, 0.6) is 34.5 Å². The molecule has 4 aromatic carbocycles. The van der Waals surface area contributed by atoms with Gasteiger partial charge in [0.15, 0.2) is 23.0 Å². The number of methoxy groups -OCH3 is 6. The number of nitroso groups, excluding NO2 is 1. The number of amides is 2. The van der Waals surface area contributed by atoms with E-state index in [0.29, 0.717) is 64.2 Å². The summed E-state index contributed by atoms with van der Waals surface area (Å²) >= 11 is 11.9. The van der Waals surface area contributed by atoms with E-state index in [-0.39, 0.29) is 30.2 Å². The molecule has 2 aliphatic carbocycles. The number of rotatable bonds is 15. The van der Waals surface area contributed by atoms with Crippen LogP contribution in [0.2, 0.25) is 10.0 Å². The summed E-state index contributed by atoms with van der Waals surface area (Å²) in [6, 6.07) is 24.4. The number of ether oxygens (including phenoxy) is 6. The van der Waals surface area contributed by atoms with Gasteiger partial charge in [-0.25, -0.2) is 4.79 Å². The average Bonchev–Trinajstić information content (AvgIpc) is 3.34. The number of halogens is 3. The maximum atomic E-state index is 12.7. The molecule has 4 N–H and O–H groups in total. The highest BCUT2D eigenvalue weighted by Crippen LogP contribution is 2.42. The number of likely N-dealkylation sites (tertiary alicyclic amines) is 2. The highest BCUT2D eigenvalue weighted by Gasteiger charge is 2.38. The van der Waals surface area contributed by atoms with E-state index < -0.39 is 0 Å². The van der Waals surface area contributed by atoms with Crippen molar-refractivity contribution in [2.75, 3.05) is 74.2 Å². The van der Waals surface area contributed by atoms with Crippen LogP contribution in [0.1, 0.15) is 62.5 Å². The lowest BCUT2D eigenvalue weighted by molar-refractivity contribution is 0.0581. The van der Waals surface area contributed by atoms with E-state index in [1.807, 2.05) is 24.3 Å². The third-order valence-corrected chi connectivity index (χ3v) is 14.1. The second-order valence-corrected chi connectivity index (χ2v) is 18.5. The molecule has 2 heterocycles. The van der Waals surface area contributed by atoms with Gasteiger partial charge in [0.2, 0.25) is 11.5 Å². The molecule has 0 unspecified atom stereocenters. The van der Waals surface area contributed by atoms with E-state index in [9.17, 15) is 9.70 Å². The number of carbonyl (C=O) groups is 1. The molecule has 2 saturated heterocycles. The van der Waals surface area contributed by atoms with Crippen LogP contribution in [0.3, 0.4) is 0 Å². The van der Waals surface area contributed by atoms with Gasteiger partial charge in [-0.2, -0.15) is 0 Å². The van der Waals surface area contributed by atoms with Crippen LogP contribution in [-0.2, 0) is 12.8 Å². The van der Waals surface area contributed by atoms with E-state index in [4.69, 9.17) is 57.4 Å². The minimum Gasteiger partial charge on any atom is -0.493 e. The number of urea groups is 1. The lowest BCUT2D eigenvalue weighted by Gasteiger charge is -2.47. The molecular formula is C51H69Cl3N6O8. The van der Waals surface area contributed by atoms with Crippen LogP contribution in [0.4, 0.5) is 16.2 Å². The third kappa shape index (κ3) is 14.7. The zero-order chi connectivity index (χ0) is 47.9. The SMILES string of the molecule is COc1cc(N=O)cc(OC)c1OC.COc1cc(NC(=O)N[C@@H]2CC[C@@H]2N2CCC(Cc3ccc(Cl)cc3)CC2)cc(OC)c1OC.Cl.N[C@@H]1CC[C@@H]1N1CCC(Cc2ccc(Cl)cc2)CC1. The van der Waals surface area contributed by atoms with Crippen molar-refractivity contribution in [2.24, 2.45) is 22.7 Å². The fraction of sp³-hybridized carbons (Fsp3) is 0.510. The third-order valence-electron chi connectivity index (χ3n) is 13.6. The lowest BCUT2D eigenvalue weighted by Crippen LogP contribution is -2.60. The van der Waals surface area contributed by atoms with Gasteiger partial charge in [0.1, 0.15) is 5.69 Å². The summed E-state index contributed by atoms with van der Waals surface area (Å²) in [5, 5.41) is 10.5. The first-order valence-corrected chi connectivity index (χ1v) is 24.0. The Morgan fingerprint density at radius 3 is 1.35 bits per heavy atom. The molecule has 4 atom stereocenters. The second kappa shape index (κ2) is 26.9. The van der Waals surface area contributed by atoms with E-state index in [1.165, 1.54) is 103 Å². The number of anilines is 1. The van der Waals surface area contributed by atoms with Gasteiger partial charge in [-0.1, -0.05) is 47.5 Å². The summed E-state index contributed by atoms with van der Waals surface area (Å²) in [5.41, 5.74) is 9.67. The molecule has 0 bridgehead atoms. The van der Waals surface area contributed by atoms with Gasteiger partial charge in [-0.3, -0.25) is 9.80 Å². The molecule has 2 saturated carbocycles. The molecule has 0 radical (unpaired) electrons. The normalized spacial score (nSPS) is 20.5. The predicted octanol–water partition coefficient (Wildman–Crippen LogP) is 10.6. The van der Waals surface area contributed by atoms with E-state index in [1.54, 1.807) is 33.5 Å². The van der Waals surface area contributed by atoms with E-state index >= 15 is 0 Å². The van der Waals surface area contributed by atoms with Gasteiger partial charge < -0.3 is 44.8 Å². The molecule has 14 nitrogen and oxygen atoms in total. The van der Waals surface area contributed by atoms with Crippen LogP contribution in [0.15, 0.2) is 78.0 Å². The smallest absolute Gasteiger partial charge is 0.319 e. The summed E-state index contributed by atoms with van der Waals surface area (Å²) in [6.45, 7) is 4.62. The molecular weight excluding hydrogens is 931 g/mol. The Labute approximate surface area is 418 Å². The highest BCUT2D eigenvalue weighted by molar-refractivity contribution is 6.30. The first kappa shape index (κ1) is 54.2. The first-order valence-electron chi connectivity index (χ1n) is 23.2. The van der Waals surface area contributed by atoms with Crippen LogP contribution >= 0.6 is 35.6 Å². The van der Waals surface area contributed by atoms with Gasteiger partial charge in [0, 0.05) is 58.5 Å². The maximum Gasteiger partial charge on any atom is 0.319 e. The summed E-state index contributed by atoms with van der Waals surface area (Å²) in [5.74, 6) is 4.31. The summed E-state index contributed by atoms with van der Waals surface area (Å²) in [6.07, 6.45) is 11.9. The van der Waals surface area contributed by atoms with Gasteiger partial charge in [0.25, 0.3) is 0 Å². The number of hydrogen-bond acceptors (Lipinski definition) is 12. The van der Waals surface area contributed by atoms with Gasteiger partial charge in [0.05, 0.1) is 48.3 Å². The molecule has 4 aromatic rings. The Bertz CT molecular complexity index is 2140. The van der Waals surface area contributed by atoms with Gasteiger partial charge >= 0.3 is 6.03 Å². The fourth-order valence-electron chi connectivity index (χ4n) is 9.54. The number of carbonyl (C=O) groups excluding carboxylic acids is 1. The van der Waals surface area contributed by atoms with Crippen LogP contribution in [-0.4, -0.2) is 109 Å². The standard InChI is InChI=1S/C26H34ClN3O4.C16H23ClN2.C9H11NO4.ClH/c1-32-23-15-20(16-24(33-2)25(23)34-3)28-26(31)29-21-8-9-22(21)30-12-10-18(11-13-30)14-17-4-6-19(27)7-5-17;17-14-3-1-12(2-4-14)11-13-7-9-19(10-8-13)16-6-5-15(16)18;1-12-7-4-6(10-11)5-8(13-2)9(7)14-3;/h4-7,15-16,18,21-22H,8-14H2,1-3H3,(H2,28,29,31);1-4,13,15-16H,5-11,18H2;4-5H,1-3H3;1H/t21-,22+;15-,16+;;/m11../s1. The fourth-order valence-corrected chi connectivity index (χ4v) is 9.80. The molecule has 8 rings (SSSR count). The molecule has 17 heteroatoms. The monoisotopic (exact) mass is 998 g/mol. The van der Waals surface area contributed by atoms with Gasteiger partial charge in [-0.05, 0) is 143 Å².